The maximum absolute atomic E-state index is 13.4. The normalized spacial score (nSPS) is 10.4. The largest absolute Gasteiger partial charge is 0.477 e. The molecule has 1 N–H and O–H groups in total. The number of nitrogens with zero attached hydrogens (tertiary/aromatic N) is 2. The van der Waals surface area contributed by atoms with Crippen molar-refractivity contribution in [1.29, 1.82) is 0 Å². The van der Waals surface area contributed by atoms with E-state index in [-0.39, 0.29) is 21.8 Å². The highest BCUT2D eigenvalue weighted by Crippen LogP contribution is 2.36. The van der Waals surface area contributed by atoms with Gasteiger partial charge in [-0.1, -0.05) is 11.8 Å². The number of nitro benzene ring substituents is 1. The summed E-state index contributed by atoms with van der Waals surface area (Å²) in [5.41, 5.74) is -0.256. The Morgan fingerprint density at radius 2 is 2.14 bits per heavy atom. The van der Waals surface area contributed by atoms with E-state index in [1.165, 1.54) is 31.3 Å². The number of rotatable bonds is 4. The van der Waals surface area contributed by atoms with Crippen molar-refractivity contribution in [3.8, 4) is 0 Å². The number of carboxylic acid groups (broad SMARTS) is 1. The quantitative estimate of drug-likeness (QED) is 0.688. The van der Waals surface area contributed by atoms with Gasteiger partial charge in [-0.25, -0.2) is 14.2 Å². The summed E-state index contributed by atoms with van der Waals surface area (Å²) in [5, 5.41) is 19.8. The monoisotopic (exact) mass is 308 g/mol. The molecule has 0 fully saturated rings. The highest BCUT2D eigenvalue weighted by Gasteiger charge is 2.18. The molecule has 2 aromatic rings. The summed E-state index contributed by atoms with van der Waals surface area (Å²) >= 11 is 0.985. The van der Waals surface area contributed by atoms with Crippen LogP contribution in [-0.4, -0.2) is 21.0 Å². The molecule has 0 spiro atoms. The molecule has 0 aliphatic heterocycles. The molecule has 6 nitrogen and oxygen atoms in total. The summed E-state index contributed by atoms with van der Waals surface area (Å²) < 4.78 is 13.4. The van der Waals surface area contributed by atoms with Gasteiger partial charge in [0.1, 0.15) is 11.5 Å². The molecule has 1 heterocycles. The van der Waals surface area contributed by atoms with Crippen LogP contribution in [0.25, 0.3) is 0 Å². The van der Waals surface area contributed by atoms with Gasteiger partial charge in [0, 0.05) is 11.1 Å². The van der Waals surface area contributed by atoms with Crippen molar-refractivity contribution in [1.82, 2.24) is 4.98 Å². The second-order valence-corrected chi connectivity index (χ2v) is 5.23. The van der Waals surface area contributed by atoms with Gasteiger partial charge in [0.25, 0.3) is 5.69 Å². The molecular formula is C13H9FN2O4S. The van der Waals surface area contributed by atoms with Gasteiger partial charge in [-0.3, -0.25) is 10.1 Å². The second kappa shape index (κ2) is 5.88. The van der Waals surface area contributed by atoms with Crippen LogP contribution in [0.15, 0.2) is 40.3 Å². The third-order valence-electron chi connectivity index (χ3n) is 2.62. The van der Waals surface area contributed by atoms with Gasteiger partial charge >= 0.3 is 5.97 Å². The molecule has 0 bridgehead atoms. The summed E-state index contributed by atoms with van der Waals surface area (Å²) in [4.78, 5) is 25.5. The second-order valence-electron chi connectivity index (χ2n) is 4.11. The predicted octanol–water partition coefficient (Wildman–Crippen LogP) is 3.29. The maximum Gasteiger partial charge on any atom is 0.354 e. The number of carbonyl (C=O) groups is 1. The van der Waals surface area contributed by atoms with E-state index in [0.29, 0.717) is 4.90 Å². The molecule has 1 aromatic carbocycles. The predicted molar refractivity (Wildman–Crippen MR) is 73.1 cm³/mol. The first-order valence-corrected chi connectivity index (χ1v) is 6.52. The van der Waals surface area contributed by atoms with Gasteiger partial charge in [0.15, 0.2) is 0 Å². The smallest absolute Gasteiger partial charge is 0.354 e. The van der Waals surface area contributed by atoms with Crippen LogP contribution >= 0.6 is 11.8 Å². The topological polar surface area (TPSA) is 93.3 Å². The minimum atomic E-state index is -1.19. The van der Waals surface area contributed by atoms with Crippen molar-refractivity contribution in [3.63, 3.8) is 0 Å². The minimum absolute atomic E-state index is 0.165. The number of aromatic carboxylic acids is 1. The van der Waals surface area contributed by atoms with E-state index in [2.05, 4.69) is 4.98 Å². The molecule has 1 aromatic heterocycles. The first-order valence-electron chi connectivity index (χ1n) is 5.70. The van der Waals surface area contributed by atoms with Gasteiger partial charge in [-0.2, -0.15) is 0 Å². The Labute approximate surface area is 122 Å². The zero-order valence-corrected chi connectivity index (χ0v) is 11.6. The third-order valence-corrected chi connectivity index (χ3v) is 3.65. The van der Waals surface area contributed by atoms with Crippen LogP contribution in [0.2, 0.25) is 0 Å². The zero-order chi connectivity index (χ0) is 15.6. The lowest BCUT2D eigenvalue weighted by molar-refractivity contribution is -0.387. The highest BCUT2D eigenvalue weighted by atomic mass is 32.2. The number of pyridine rings is 1. The Morgan fingerprint density at radius 3 is 2.76 bits per heavy atom. The molecule has 108 valence electrons. The van der Waals surface area contributed by atoms with Gasteiger partial charge in [-0.15, -0.1) is 0 Å². The van der Waals surface area contributed by atoms with Gasteiger partial charge in [-0.05, 0) is 30.7 Å². The summed E-state index contributed by atoms with van der Waals surface area (Å²) in [6.07, 6.45) is 1.30. The van der Waals surface area contributed by atoms with Crippen molar-refractivity contribution < 1.29 is 19.2 Å². The fourth-order valence-corrected chi connectivity index (χ4v) is 2.61. The van der Waals surface area contributed by atoms with Crippen LogP contribution in [0, 0.1) is 22.9 Å². The van der Waals surface area contributed by atoms with Crippen molar-refractivity contribution in [2.24, 2.45) is 0 Å². The number of halogens is 1. The van der Waals surface area contributed by atoms with Crippen molar-refractivity contribution in [3.05, 3.63) is 57.7 Å². The third kappa shape index (κ3) is 3.34. The molecule has 0 atom stereocenters. The Morgan fingerprint density at radius 1 is 1.43 bits per heavy atom. The molecule has 0 saturated heterocycles. The first kappa shape index (κ1) is 14.9. The van der Waals surface area contributed by atoms with E-state index in [9.17, 15) is 19.3 Å². The zero-order valence-electron chi connectivity index (χ0n) is 10.7. The standard InChI is InChI=1S/C13H9FN2O4S/c1-7-4-12(11(16(19)20)6-9(7)14)21-8-2-3-15-10(5-8)13(17)18/h2-6H,1H3,(H,17,18). The molecule has 21 heavy (non-hydrogen) atoms. The van der Waals surface area contributed by atoms with Gasteiger partial charge in [0.05, 0.1) is 15.9 Å². The number of aryl methyl sites for hydroxylation is 1. The Hall–Kier alpha value is -2.48. The van der Waals surface area contributed by atoms with E-state index < -0.39 is 16.7 Å². The number of benzene rings is 1. The van der Waals surface area contributed by atoms with Crippen LogP contribution < -0.4 is 0 Å². The van der Waals surface area contributed by atoms with E-state index in [0.717, 1.165) is 17.8 Å². The van der Waals surface area contributed by atoms with Gasteiger partial charge in [0.2, 0.25) is 0 Å². The van der Waals surface area contributed by atoms with Gasteiger partial charge < -0.3 is 5.11 Å². The number of hydrogen-bond donors (Lipinski definition) is 1. The highest BCUT2D eigenvalue weighted by molar-refractivity contribution is 7.99. The average molecular weight is 308 g/mol. The summed E-state index contributed by atoms with van der Waals surface area (Å²) in [6, 6.07) is 5.05. The molecular weight excluding hydrogens is 299 g/mol. The lowest BCUT2D eigenvalue weighted by Gasteiger charge is -2.05. The molecule has 2 rings (SSSR count). The van der Waals surface area contributed by atoms with Crippen molar-refractivity contribution in [2.75, 3.05) is 0 Å². The Bertz CT molecular complexity index is 736. The number of carboxylic acids is 1. The molecule has 0 amide bonds. The van der Waals surface area contributed by atoms with E-state index >= 15 is 0 Å². The Balaban J connectivity index is 2.43. The van der Waals surface area contributed by atoms with Crippen LogP contribution in [0.3, 0.4) is 0 Å². The Kier molecular flexibility index (Phi) is 4.18. The first-order chi connectivity index (χ1) is 9.88. The van der Waals surface area contributed by atoms with Crippen molar-refractivity contribution >= 4 is 23.4 Å². The maximum atomic E-state index is 13.4. The van der Waals surface area contributed by atoms with Crippen LogP contribution in [0.1, 0.15) is 16.1 Å². The lowest BCUT2D eigenvalue weighted by atomic mass is 10.2. The van der Waals surface area contributed by atoms with E-state index in [4.69, 9.17) is 5.11 Å². The fourth-order valence-electron chi connectivity index (χ4n) is 1.59. The van der Waals surface area contributed by atoms with Crippen molar-refractivity contribution in [2.45, 2.75) is 16.7 Å². The number of aromatic nitrogens is 1. The molecule has 0 saturated carbocycles. The molecule has 8 heteroatoms. The minimum Gasteiger partial charge on any atom is -0.477 e. The van der Waals surface area contributed by atoms with Crippen LogP contribution in [-0.2, 0) is 0 Å². The molecule has 0 aliphatic rings. The van der Waals surface area contributed by atoms with E-state index in [1.54, 1.807) is 0 Å². The summed E-state index contributed by atoms with van der Waals surface area (Å²) in [6.45, 7) is 1.50. The molecule has 0 unspecified atom stereocenters. The molecule has 0 aliphatic carbocycles. The number of hydrogen-bond acceptors (Lipinski definition) is 5. The lowest BCUT2D eigenvalue weighted by Crippen LogP contribution is -1.99. The van der Waals surface area contributed by atoms with E-state index in [1.807, 2.05) is 0 Å². The SMILES string of the molecule is Cc1cc(Sc2ccnc(C(=O)O)c2)c([N+](=O)[O-])cc1F. The summed E-state index contributed by atoms with van der Waals surface area (Å²) in [5.74, 6) is -1.85. The molecule has 0 radical (unpaired) electrons. The number of nitro groups is 1. The summed E-state index contributed by atoms with van der Waals surface area (Å²) in [7, 11) is 0. The van der Waals surface area contributed by atoms with Crippen LogP contribution in [0.5, 0.6) is 0 Å². The van der Waals surface area contributed by atoms with Crippen LogP contribution in [0.4, 0.5) is 10.1 Å². The average Bonchev–Trinajstić information content (AvgIpc) is 2.42. The fraction of sp³-hybridized carbons (Fsp3) is 0.0769.